The van der Waals surface area contributed by atoms with Gasteiger partial charge >= 0.3 is 6.18 Å². The zero-order valence-electron chi connectivity index (χ0n) is 6.70. The Morgan fingerprint density at radius 2 is 1.50 bits per heavy atom. The molecule has 0 bridgehead atoms. The highest BCUT2D eigenvalue weighted by atomic mass is 19.4. The van der Waals surface area contributed by atoms with Crippen molar-refractivity contribution in [2.45, 2.75) is 44.5 Å². The van der Waals surface area contributed by atoms with Gasteiger partial charge in [0.05, 0.1) is 0 Å². The lowest BCUT2D eigenvalue weighted by molar-refractivity contribution is -0.147. The van der Waals surface area contributed by atoms with E-state index in [1.54, 1.807) is 0 Å². The lowest BCUT2D eigenvalue weighted by Crippen LogP contribution is -2.21. The molecule has 1 saturated carbocycles. The van der Waals surface area contributed by atoms with Gasteiger partial charge in [-0.3, -0.25) is 0 Å². The molecule has 0 aromatic heterocycles. The monoisotopic (exact) mass is 184 g/mol. The first kappa shape index (κ1) is 9.81. The minimum Gasteiger partial charge on any atom is -0.247 e. The Morgan fingerprint density at radius 3 is 1.92 bits per heavy atom. The normalized spacial score (nSPS) is 32.0. The molecular weight excluding hydrogens is 172 g/mol. The molecule has 0 spiro atoms. The summed E-state index contributed by atoms with van der Waals surface area (Å²) in [5.41, 5.74) is 0. The molecule has 12 heavy (non-hydrogen) atoms. The van der Waals surface area contributed by atoms with E-state index in [0.29, 0.717) is 25.7 Å². The van der Waals surface area contributed by atoms with Gasteiger partial charge in [0.2, 0.25) is 0 Å². The second-order valence-electron chi connectivity index (χ2n) is 3.44. The van der Waals surface area contributed by atoms with Crippen LogP contribution in [0.2, 0.25) is 0 Å². The predicted molar refractivity (Wildman–Crippen MR) is 37.5 cm³/mol. The van der Waals surface area contributed by atoms with Gasteiger partial charge in [-0.05, 0) is 31.6 Å². The van der Waals surface area contributed by atoms with Gasteiger partial charge in [-0.15, -0.1) is 0 Å². The van der Waals surface area contributed by atoms with E-state index >= 15 is 0 Å². The zero-order chi connectivity index (χ0) is 9.19. The molecule has 0 aromatic rings. The number of hydrogen-bond acceptors (Lipinski definition) is 0. The van der Waals surface area contributed by atoms with Crippen LogP contribution >= 0.6 is 0 Å². The van der Waals surface area contributed by atoms with Gasteiger partial charge in [-0.2, -0.15) is 13.2 Å². The van der Waals surface area contributed by atoms with Crippen molar-refractivity contribution in [1.29, 1.82) is 0 Å². The number of rotatable bonds is 1. The molecule has 0 N–H and O–H groups in total. The Balaban J connectivity index is 2.26. The van der Waals surface area contributed by atoms with E-state index in [1.165, 1.54) is 0 Å². The van der Waals surface area contributed by atoms with Crippen molar-refractivity contribution in [2.75, 3.05) is 0 Å². The zero-order valence-corrected chi connectivity index (χ0v) is 6.70. The first-order chi connectivity index (χ1) is 5.47. The van der Waals surface area contributed by atoms with Crippen LogP contribution in [0.5, 0.6) is 0 Å². The fourth-order valence-corrected chi connectivity index (χ4v) is 1.65. The van der Waals surface area contributed by atoms with Crippen molar-refractivity contribution in [1.82, 2.24) is 0 Å². The van der Waals surface area contributed by atoms with Crippen LogP contribution in [0.1, 0.15) is 32.1 Å². The highest BCUT2D eigenvalue weighted by Gasteiger charge is 2.33. The standard InChI is InChI=1S/C8H12F4/c9-7-3-1-6(2-4-7)5-8(10,11)12/h6-7H,1-5H2. The lowest BCUT2D eigenvalue weighted by atomic mass is 9.86. The van der Waals surface area contributed by atoms with Crippen LogP contribution in [0.3, 0.4) is 0 Å². The van der Waals surface area contributed by atoms with Crippen LogP contribution < -0.4 is 0 Å². The number of halogens is 4. The van der Waals surface area contributed by atoms with Crippen molar-refractivity contribution >= 4 is 0 Å². The van der Waals surface area contributed by atoms with E-state index in [-0.39, 0.29) is 5.92 Å². The average molecular weight is 184 g/mol. The molecule has 0 aliphatic heterocycles. The Morgan fingerprint density at radius 1 is 1.00 bits per heavy atom. The quantitative estimate of drug-likeness (QED) is 0.547. The first-order valence-corrected chi connectivity index (χ1v) is 4.18. The van der Waals surface area contributed by atoms with Gasteiger partial charge in [0.1, 0.15) is 6.17 Å². The Hall–Kier alpha value is -0.280. The summed E-state index contributed by atoms with van der Waals surface area (Å²) in [5, 5.41) is 0. The van der Waals surface area contributed by atoms with E-state index in [1.807, 2.05) is 0 Å². The second-order valence-corrected chi connectivity index (χ2v) is 3.44. The van der Waals surface area contributed by atoms with Gasteiger partial charge < -0.3 is 0 Å². The fraction of sp³-hybridized carbons (Fsp3) is 1.00. The number of hydrogen-bond donors (Lipinski definition) is 0. The minimum atomic E-state index is -4.08. The van der Waals surface area contributed by atoms with E-state index in [9.17, 15) is 17.6 Å². The molecule has 1 aliphatic carbocycles. The molecule has 1 fully saturated rings. The highest BCUT2D eigenvalue weighted by molar-refractivity contribution is 4.73. The van der Waals surface area contributed by atoms with Crippen LogP contribution in [0.25, 0.3) is 0 Å². The second kappa shape index (κ2) is 3.62. The van der Waals surface area contributed by atoms with E-state index < -0.39 is 18.8 Å². The largest absolute Gasteiger partial charge is 0.389 e. The lowest BCUT2D eigenvalue weighted by Gasteiger charge is -2.24. The van der Waals surface area contributed by atoms with Crippen molar-refractivity contribution < 1.29 is 17.6 Å². The SMILES string of the molecule is FC1CCC(CC(F)(F)F)CC1. The molecule has 0 heterocycles. The van der Waals surface area contributed by atoms with Gasteiger partial charge in [0.15, 0.2) is 0 Å². The van der Waals surface area contributed by atoms with Gasteiger partial charge in [-0.1, -0.05) is 0 Å². The van der Waals surface area contributed by atoms with Gasteiger partial charge in [0.25, 0.3) is 0 Å². The van der Waals surface area contributed by atoms with Crippen LogP contribution in [-0.2, 0) is 0 Å². The summed E-state index contributed by atoms with van der Waals surface area (Å²) in [6.07, 6.45) is -4.29. The molecule has 0 nitrogen and oxygen atoms in total. The molecule has 0 unspecified atom stereocenters. The van der Waals surface area contributed by atoms with Crippen LogP contribution in [0, 0.1) is 5.92 Å². The molecule has 72 valence electrons. The molecule has 0 radical (unpaired) electrons. The summed E-state index contributed by atoms with van der Waals surface area (Å²) in [4.78, 5) is 0. The van der Waals surface area contributed by atoms with Crippen LogP contribution in [-0.4, -0.2) is 12.3 Å². The van der Waals surface area contributed by atoms with Crippen LogP contribution in [0.15, 0.2) is 0 Å². The first-order valence-electron chi connectivity index (χ1n) is 4.18. The molecule has 1 aliphatic rings. The Labute approximate surface area is 69.0 Å². The highest BCUT2D eigenvalue weighted by Crippen LogP contribution is 2.34. The van der Waals surface area contributed by atoms with Crippen molar-refractivity contribution in [2.24, 2.45) is 5.92 Å². The maximum absolute atomic E-state index is 12.5. The third-order valence-electron chi connectivity index (χ3n) is 2.30. The third kappa shape index (κ3) is 3.41. The van der Waals surface area contributed by atoms with Gasteiger partial charge in [-0.25, -0.2) is 4.39 Å². The Bertz CT molecular complexity index is 132. The summed E-state index contributed by atoms with van der Waals surface area (Å²) >= 11 is 0. The molecule has 1 rings (SSSR count). The van der Waals surface area contributed by atoms with Crippen molar-refractivity contribution in [3.05, 3.63) is 0 Å². The predicted octanol–water partition coefficient (Wildman–Crippen LogP) is 3.47. The summed E-state index contributed by atoms with van der Waals surface area (Å²) in [6, 6.07) is 0. The summed E-state index contributed by atoms with van der Waals surface area (Å²) < 4.78 is 48.0. The van der Waals surface area contributed by atoms with E-state index in [0.717, 1.165) is 0 Å². The van der Waals surface area contributed by atoms with Crippen molar-refractivity contribution in [3.8, 4) is 0 Å². The minimum absolute atomic E-state index is 0.306. The van der Waals surface area contributed by atoms with Crippen molar-refractivity contribution in [3.63, 3.8) is 0 Å². The Kier molecular flexibility index (Phi) is 2.96. The molecular formula is C8H12F4. The maximum atomic E-state index is 12.5. The van der Waals surface area contributed by atoms with Gasteiger partial charge in [0, 0.05) is 6.42 Å². The van der Waals surface area contributed by atoms with E-state index in [4.69, 9.17) is 0 Å². The fourth-order valence-electron chi connectivity index (χ4n) is 1.65. The summed E-state index contributed by atoms with van der Waals surface area (Å²) in [6.45, 7) is 0. The molecule has 0 saturated heterocycles. The molecule has 0 atom stereocenters. The smallest absolute Gasteiger partial charge is 0.247 e. The third-order valence-corrected chi connectivity index (χ3v) is 2.30. The molecule has 0 aromatic carbocycles. The average Bonchev–Trinajstić information content (AvgIpc) is 1.91. The van der Waals surface area contributed by atoms with E-state index in [2.05, 4.69) is 0 Å². The van der Waals surface area contributed by atoms with Crippen LogP contribution in [0.4, 0.5) is 17.6 Å². The molecule has 4 heteroatoms. The summed E-state index contributed by atoms with van der Waals surface area (Å²) in [5.74, 6) is -0.336. The molecule has 0 amide bonds. The topological polar surface area (TPSA) is 0 Å². The maximum Gasteiger partial charge on any atom is 0.389 e. The number of alkyl halides is 4. The summed E-state index contributed by atoms with van der Waals surface area (Å²) in [7, 11) is 0.